The van der Waals surface area contributed by atoms with Crippen LogP contribution in [0.15, 0.2) is 37.1 Å². The van der Waals surface area contributed by atoms with Crippen LogP contribution in [0, 0.1) is 0 Å². The Bertz CT molecular complexity index is 464. The van der Waals surface area contributed by atoms with Crippen molar-refractivity contribution in [3.63, 3.8) is 0 Å². The molecule has 0 saturated heterocycles. The largest absolute Gasteiger partial charge is 0.388 e. The van der Waals surface area contributed by atoms with Crippen molar-refractivity contribution in [1.29, 1.82) is 0 Å². The zero-order valence-corrected chi connectivity index (χ0v) is 8.81. The Hall–Kier alpha value is -1.75. The maximum Gasteiger partial charge on any atom is 0.122 e. The summed E-state index contributed by atoms with van der Waals surface area (Å²) in [5, 5.41) is 0. The molecule has 15 heavy (non-hydrogen) atoms. The molecular formula is C10H10N4S. The standard InChI is InChI=1S/C10H10N4S/c11-10(15)9-5-8(1-2-13-9)6-14-4-3-12-7-14/h1-5,7H,6H2,(H2,11,15). The van der Waals surface area contributed by atoms with Crippen LogP contribution < -0.4 is 5.73 Å². The quantitative estimate of drug-likeness (QED) is 0.780. The molecule has 0 fully saturated rings. The zero-order chi connectivity index (χ0) is 10.7. The molecule has 0 aliphatic heterocycles. The van der Waals surface area contributed by atoms with Crippen LogP contribution in [0.3, 0.4) is 0 Å². The van der Waals surface area contributed by atoms with Crippen molar-refractivity contribution in [2.24, 2.45) is 5.73 Å². The summed E-state index contributed by atoms with van der Waals surface area (Å²) in [7, 11) is 0. The van der Waals surface area contributed by atoms with Crippen LogP contribution in [-0.2, 0) is 6.54 Å². The van der Waals surface area contributed by atoms with Crippen LogP contribution in [0.5, 0.6) is 0 Å². The molecule has 76 valence electrons. The minimum absolute atomic E-state index is 0.322. The Morgan fingerprint density at radius 3 is 3.00 bits per heavy atom. The fraction of sp³-hybridized carbons (Fsp3) is 0.100. The first-order valence-corrected chi connectivity index (χ1v) is 4.87. The molecule has 0 unspecified atom stereocenters. The fourth-order valence-corrected chi connectivity index (χ4v) is 1.41. The summed E-state index contributed by atoms with van der Waals surface area (Å²) >= 11 is 4.87. The summed E-state index contributed by atoms with van der Waals surface area (Å²) in [6.45, 7) is 0.748. The van der Waals surface area contributed by atoms with Crippen LogP contribution in [0.1, 0.15) is 11.3 Å². The third-order valence-electron chi connectivity index (χ3n) is 2.00. The molecule has 0 saturated carbocycles. The number of rotatable bonds is 3. The van der Waals surface area contributed by atoms with Gasteiger partial charge in [-0.2, -0.15) is 0 Å². The van der Waals surface area contributed by atoms with E-state index in [-0.39, 0.29) is 0 Å². The van der Waals surface area contributed by atoms with Crippen molar-refractivity contribution in [3.05, 3.63) is 48.3 Å². The van der Waals surface area contributed by atoms with Gasteiger partial charge in [0, 0.05) is 25.1 Å². The molecule has 2 aromatic rings. The lowest BCUT2D eigenvalue weighted by atomic mass is 10.2. The molecule has 0 amide bonds. The number of hydrogen-bond acceptors (Lipinski definition) is 3. The van der Waals surface area contributed by atoms with Gasteiger partial charge in [0.2, 0.25) is 0 Å². The Labute approximate surface area is 92.8 Å². The first kappa shape index (κ1) is 9.79. The van der Waals surface area contributed by atoms with Gasteiger partial charge in [-0.1, -0.05) is 12.2 Å². The van der Waals surface area contributed by atoms with E-state index in [1.165, 1.54) is 0 Å². The SMILES string of the molecule is NC(=S)c1cc(Cn2ccnc2)ccn1. The van der Waals surface area contributed by atoms with E-state index in [0.717, 1.165) is 12.1 Å². The van der Waals surface area contributed by atoms with E-state index in [9.17, 15) is 0 Å². The molecule has 2 heterocycles. The first-order valence-electron chi connectivity index (χ1n) is 4.46. The average molecular weight is 218 g/mol. The second kappa shape index (κ2) is 4.18. The molecule has 4 nitrogen and oxygen atoms in total. The molecule has 0 aromatic carbocycles. The lowest BCUT2D eigenvalue weighted by Gasteiger charge is -2.03. The van der Waals surface area contributed by atoms with Crippen molar-refractivity contribution in [3.8, 4) is 0 Å². The average Bonchev–Trinajstić information content (AvgIpc) is 2.71. The molecule has 0 atom stereocenters. The summed E-state index contributed by atoms with van der Waals surface area (Å²) in [6, 6.07) is 3.82. The molecule has 2 rings (SSSR count). The van der Waals surface area contributed by atoms with Crippen LogP contribution in [0.2, 0.25) is 0 Å². The normalized spacial score (nSPS) is 10.1. The topological polar surface area (TPSA) is 56.7 Å². The van der Waals surface area contributed by atoms with Crippen molar-refractivity contribution in [2.75, 3.05) is 0 Å². The molecule has 0 radical (unpaired) electrons. The predicted molar refractivity (Wildman–Crippen MR) is 61.5 cm³/mol. The number of thiocarbonyl (C=S) groups is 1. The highest BCUT2D eigenvalue weighted by Gasteiger charge is 2.00. The maximum absolute atomic E-state index is 5.51. The van der Waals surface area contributed by atoms with Gasteiger partial charge in [-0.05, 0) is 17.7 Å². The van der Waals surface area contributed by atoms with E-state index in [0.29, 0.717) is 10.7 Å². The molecule has 2 N–H and O–H groups in total. The monoisotopic (exact) mass is 218 g/mol. The van der Waals surface area contributed by atoms with Gasteiger partial charge in [0.05, 0.1) is 12.0 Å². The number of hydrogen-bond donors (Lipinski definition) is 1. The van der Waals surface area contributed by atoms with Gasteiger partial charge in [-0.15, -0.1) is 0 Å². The van der Waals surface area contributed by atoms with E-state index >= 15 is 0 Å². The molecule has 0 bridgehead atoms. The van der Waals surface area contributed by atoms with E-state index in [1.54, 1.807) is 18.7 Å². The summed E-state index contributed by atoms with van der Waals surface area (Å²) in [6.07, 6.45) is 7.12. The fourth-order valence-electron chi connectivity index (χ4n) is 1.30. The highest BCUT2D eigenvalue weighted by molar-refractivity contribution is 7.80. The lowest BCUT2D eigenvalue weighted by Crippen LogP contribution is -2.12. The number of aromatic nitrogens is 3. The lowest BCUT2D eigenvalue weighted by molar-refractivity contribution is 0.795. The zero-order valence-electron chi connectivity index (χ0n) is 8.00. The number of imidazole rings is 1. The molecule has 5 heteroatoms. The third kappa shape index (κ3) is 2.38. The Kier molecular flexibility index (Phi) is 2.73. The van der Waals surface area contributed by atoms with Crippen LogP contribution in [0.4, 0.5) is 0 Å². The number of nitrogens with two attached hydrogens (primary N) is 1. The Morgan fingerprint density at radius 1 is 1.47 bits per heavy atom. The van der Waals surface area contributed by atoms with Crippen LogP contribution >= 0.6 is 12.2 Å². The summed E-state index contributed by atoms with van der Waals surface area (Å²) in [5.74, 6) is 0. The number of pyridine rings is 1. The van der Waals surface area contributed by atoms with Crippen molar-refractivity contribution in [2.45, 2.75) is 6.54 Å². The Balaban J connectivity index is 2.22. The van der Waals surface area contributed by atoms with Gasteiger partial charge in [0.1, 0.15) is 4.99 Å². The van der Waals surface area contributed by atoms with E-state index in [4.69, 9.17) is 18.0 Å². The number of nitrogens with zero attached hydrogens (tertiary/aromatic N) is 3. The highest BCUT2D eigenvalue weighted by Crippen LogP contribution is 2.04. The molecular weight excluding hydrogens is 208 g/mol. The first-order chi connectivity index (χ1) is 7.25. The van der Waals surface area contributed by atoms with Crippen LogP contribution in [0.25, 0.3) is 0 Å². The maximum atomic E-state index is 5.51. The van der Waals surface area contributed by atoms with Crippen LogP contribution in [-0.4, -0.2) is 19.5 Å². The van der Waals surface area contributed by atoms with E-state index in [2.05, 4.69) is 9.97 Å². The molecule has 2 aromatic heterocycles. The second-order valence-corrected chi connectivity index (χ2v) is 3.59. The van der Waals surface area contributed by atoms with Gasteiger partial charge in [0.15, 0.2) is 0 Å². The van der Waals surface area contributed by atoms with Gasteiger partial charge < -0.3 is 10.3 Å². The third-order valence-corrected chi connectivity index (χ3v) is 2.21. The summed E-state index contributed by atoms with van der Waals surface area (Å²) in [5.41, 5.74) is 7.26. The van der Waals surface area contributed by atoms with Gasteiger partial charge in [-0.3, -0.25) is 4.98 Å². The molecule has 0 spiro atoms. The smallest absolute Gasteiger partial charge is 0.122 e. The Morgan fingerprint density at radius 2 is 2.33 bits per heavy atom. The van der Waals surface area contributed by atoms with Crippen molar-refractivity contribution < 1.29 is 0 Å². The molecule has 0 aliphatic carbocycles. The molecule has 0 aliphatic rings. The van der Waals surface area contributed by atoms with Gasteiger partial charge in [0.25, 0.3) is 0 Å². The van der Waals surface area contributed by atoms with Crippen molar-refractivity contribution >= 4 is 17.2 Å². The van der Waals surface area contributed by atoms with Gasteiger partial charge >= 0.3 is 0 Å². The summed E-state index contributed by atoms with van der Waals surface area (Å²) in [4.78, 5) is 8.37. The predicted octanol–water partition coefficient (Wildman–Crippen LogP) is 0.961. The minimum Gasteiger partial charge on any atom is -0.388 e. The van der Waals surface area contributed by atoms with Crippen molar-refractivity contribution in [1.82, 2.24) is 14.5 Å². The van der Waals surface area contributed by atoms with E-state index in [1.807, 2.05) is 22.9 Å². The van der Waals surface area contributed by atoms with E-state index < -0.39 is 0 Å². The van der Waals surface area contributed by atoms with Gasteiger partial charge in [-0.25, -0.2) is 4.98 Å². The second-order valence-electron chi connectivity index (χ2n) is 3.15. The minimum atomic E-state index is 0.322. The summed E-state index contributed by atoms with van der Waals surface area (Å²) < 4.78 is 1.97. The highest BCUT2D eigenvalue weighted by atomic mass is 32.1.